The Balaban J connectivity index is 1.94. The summed E-state index contributed by atoms with van der Waals surface area (Å²) in [6, 6.07) is 8.64. The van der Waals surface area contributed by atoms with Gasteiger partial charge >= 0.3 is 5.97 Å². The topological polar surface area (TPSA) is 44.3 Å². The van der Waals surface area contributed by atoms with Crippen LogP contribution in [-0.2, 0) is 11.9 Å². The Morgan fingerprint density at radius 1 is 1.31 bits per heavy atom. The number of nitrogens with zero attached hydrogens (tertiary/aromatic N) is 2. The Kier molecular flexibility index (Phi) is 2.86. The molecule has 0 fully saturated rings. The maximum Gasteiger partial charge on any atom is 0.390 e. The summed E-state index contributed by atoms with van der Waals surface area (Å²) in [6.45, 7) is 0. The van der Waals surface area contributed by atoms with Crippen LogP contribution in [0.2, 0.25) is 0 Å². The highest BCUT2D eigenvalue weighted by molar-refractivity contribution is 5.88. The van der Waals surface area contributed by atoms with Crippen LogP contribution in [0.3, 0.4) is 0 Å². The van der Waals surface area contributed by atoms with Crippen LogP contribution in [-0.4, -0.2) is 10.7 Å². The predicted molar refractivity (Wildman–Crippen MR) is 54.0 cm³/mol. The zero-order valence-electron chi connectivity index (χ0n) is 8.74. The van der Waals surface area contributed by atoms with Crippen LogP contribution in [0.1, 0.15) is 10.4 Å². The zero-order chi connectivity index (χ0) is 11.4. The van der Waals surface area contributed by atoms with Gasteiger partial charge in [-0.15, -0.1) is 0 Å². The van der Waals surface area contributed by atoms with Gasteiger partial charge in [0.25, 0.3) is 6.33 Å². The molecule has 2 rings (SSSR count). The summed E-state index contributed by atoms with van der Waals surface area (Å²) >= 11 is 0. The van der Waals surface area contributed by atoms with E-state index in [1.165, 1.54) is 4.73 Å². The molecule has 0 spiro atoms. The van der Waals surface area contributed by atoms with Crippen LogP contribution in [0.4, 0.5) is 0 Å². The molecule has 0 aliphatic carbocycles. The normalized spacial score (nSPS) is 9.81. The molecule has 16 heavy (non-hydrogen) atoms. The average molecular weight is 219 g/mol. The standard InChI is InChI=1S/C11H11N2O3/c1-12-7-8-13(9-12)16-15-11(14)10-5-3-2-4-6-10/h2-9H,1H3/q+1. The van der Waals surface area contributed by atoms with Gasteiger partial charge in [0.15, 0.2) is 6.20 Å². The summed E-state index contributed by atoms with van der Waals surface area (Å²) in [6.07, 6.45) is 5.01. The molecule has 0 saturated heterocycles. The highest BCUT2D eigenvalue weighted by Gasteiger charge is 2.10. The van der Waals surface area contributed by atoms with Gasteiger partial charge in [0.1, 0.15) is 6.20 Å². The number of carbonyl (C=O) groups excluding carboxylic acids is 1. The number of benzene rings is 1. The molecule has 0 saturated carbocycles. The van der Waals surface area contributed by atoms with Crippen LogP contribution in [0.15, 0.2) is 49.1 Å². The minimum absolute atomic E-state index is 0.444. The SMILES string of the molecule is C[n+]1ccn(OOC(=O)c2ccccc2)c1. The largest absolute Gasteiger partial charge is 0.390 e. The molecule has 0 aliphatic rings. The lowest BCUT2D eigenvalue weighted by molar-refractivity contribution is -0.672. The number of hydrogen-bond acceptors (Lipinski definition) is 3. The van der Waals surface area contributed by atoms with Gasteiger partial charge in [0.05, 0.1) is 12.6 Å². The molecule has 0 N–H and O–H groups in total. The van der Waals surface area contributed by atoms with E-state index in [-0.39, 0.29) is 0 Å². The lowest BCUT2D eigenvalue weighted by atomic mass is 10.2. The first kappa shape index (κ1) is 10.2. The van der Waals surface area contributed by atoms with E-state index in [0.717, 1.165) is 0 Å². The summed E-state index contributed by atoms with van der Waals surface area (Å²) < 4.78 is 3.05. The number of aryl methyl sites for hydroxylation is 1. The smallest absolute Gasteiger partial charge is 0.241 e. The van der Waals surface area contributed by atoms with Gasteiger partial charge in [-0.2, -0.15) is 0 Å². The van der Waals surface area contributed by atoms with Gasteiger partial charge in [-0.3, -0.25) is 0 Å². The van der Waals surface area contributed by atoms with E-state index in [1.807, 2.05) is 13.1 Å². The highest BCUT2D eigenvalue weighted by Crippen LogP contribution is 2.00. The molecule has 0 aliphatic heterocycles. The van der Waals surface area contributed by atoms with Gasteiger partial charge in [-0.25, -0.2) is 14.2 Å². The van der Waals surface area contributed by atoms with Gasteiger partial charge in [0, 0.05) is 0 Å². The Labute approximate surface area is 92.3 Å². The van der Waals surface area contributed by atoms with Gasteiger partial charge < -0.3 is 0 Å². The molecular weight excluding hydrogens is 208 g/mol. The molecule has 0 unspecified atom stereocenters. The Morgan fingerprint density at radius 2 is 2.06 bits per heavy atom. The van der Waals surface area contributed by atoms with E-state index in [2.05, 4.69) is 4.89 Å². The van der Waals surface area contributed by atoms with Crippen molar-refractivity contribution in [3.05, 3.63) is 54.6 Å². The fourth-order valence-electron chi connectivity index (χ4n) is 1.17. The second-order valence-corrected chi connectivity index (χ2v) is 3.25. The van der Waals surface area contributed by atoms with E-state index in [1.54, 1.807) is 47.6 Å². The number of hydrogen-bond donors (Lipinski definition) is 0. The maximum absolute atomic E-state index is 11.5. The Morgan fingerprint density at radius 3 is 2.69 bits per heavy atom. The Bertz CT molecular complexity index is 479. The van der Waals surface area contributed by atoms with Gasteiger partial charge in [-0.1, -0.05) is 23.2 Å². The van der Waals surface area contributed by atoms with Crippen molar-refractivity contribution in [3.8, 4) is 0 Å². The second kappa shape index (κ2) is 4.48. The molecule has 1 heterocycles. The minimum Gasteiger partial charge on any atom is -0.241 e. The highest BCUT2D eigenvalue weighted by atomic mass is 17.3. The number of carbonyl (C=O) groups is 1. The molecular formula is C11H11N2O3+. The van der Waals surface area contributed by atoms with Crippen LogP contribution in [0.25, 0.3) is 0 Å². The third kappa shape index (κ3) is 2.38. The minimum atomic E-state index is -0.531. The molecule has 0 bridgehead atoms. The van der Waals surface area contributed by atoms with Crippen LogP contribution >= 0.6 is 0 Å². The molecule has 82 valence electrons. The third-order valence-corrected chi connectivity index (χ3v) is 1.95. The van der Waals surface area contributed by atoms with E-state index < -0.39 is 5.97 Å². The maximum atomic E-state index is 11.5. The predicted octanol–water partition coefficient (Wildman–Crippen LogP) is 0.513. The van der Waals surface area contributed by atoms with Crippen molar-refractivity contribution in [1.82, 2.24) is 4.73 Å². The van der Waals surface area contributed by atoms with E-state index in [9.17, 15) is 4.79 Å². The van der Waals surface area contributed by atoms with Crippen molar-refractivity contribution in [3.63, 3.8) is 0 Å². The quantitative estimate of drug-likeness (QED) is 0.429. The lowest BCUT2D eigenvalue weighted by Crippen LogP contribution is -2.25. The van der Waals surface area contributed by atoms with Crippen molar-refractivity contribution in [2.24, 2.45) is 7.05 Å². The van der Waals surface area contributed by atoms with Crippen LogP contribution in [0.5, 0.6) is 0 Å². The fourth-order valence-corrected chi connectivity index (χ4v) is 1.17. The summed E-state index contributed by atoms with van der Waals surface area (Å²) in [5.74, 6) is -0.531. The van der Waals surface area contributed by atoms with E-state index in [4.69, 9.17) is 4.99 Å². The Hall–Kier alpha value is -2.30. The van der Waals surface area contributed by atoms with Crippen molar-refractivity contribution < 1.29 is 19.2 Å². The van der Waals surface area contributed by atoms with Crippen molar-refractivity contribution in [2.45, 2.75) is 0 Å². The second-order valence-electron chi connectivity index (χ2n) is 3.25. The van der Waals surface area contributed by atoms with Gasteiger partial charge in [0.2, 0.25) is 0 Å². The first-order valence-electron chi connectivity index (χ1n) is 4.73. The monoisotopic (exact) mass is 219 g/mol. The summed E-state index contributed by atoms with van der Waals surface area (Å²) in [7, 11) is 1.83. The zero-order valence-corrected chi connectivity index (χ0v) is 8.74. The van der Waals surface area contributed by atoms with Crippen molar-refractivity contribution in [2.75, 3.05) is 0 Å². The summed E-state index contributed by atoms with van der Waals surface area (Å²) in [4.78, 5) is 20.9. The summed E-state index contributed by atoms with van der Waals surface area (Å²) in [5, 5.41) is 0. The molecule has 1 aromatic carbocycles. The van der Waals surface area contributed by atoms with E-state index in [0.29, 0.717) is 5.56 Å². The van der Waals surface area contributed by atoms with E-state index >= 15 is 0 Å². The first-order valence-corrected chi connectivity index (χ1v) is 4.73. The average Bonchev–Trinajstić information content (AvgIpc) is 2.73. The first-order chi connectivity index (χ1) is 7.75. The van der Waals surface area contributed by atoms with Gasteiger partial charge in [-0.05, 0) is 16.9 Å². The number of aromatic nitrogens is 2. The van der Waals surface area contributed by atoms with Crippen molar-refractivity contribution >= 4 is 5.97 Å². The number of imidazole rings is 1. The summed E-state index contributed by atoms with van der Waals surface area (Å²) in [5.41, 5.74) is 0.444. The molecule has 0 radical (unpaired) electrons. The molecule has 0 amide bonds. The molecule has 5 nitrogen and oxygen atoms in total. The lowest BCUT2D eigenvalue weighted by Gasteiger charge is -1.98. The molecule has 2 aromatic rings. The molecule has 1 aromatic heterocycles. The van der Waals surface area contributed by atoms with Crippen molar-refractivity contribution in [1.29, 1.82) is 0 Å². The van der Waals surface area contributed by atoms with Crippen LogP contribution in [0, 0.1) is 0 Å². The molecule has 5 heteroatoms. The van der Waals surface area contributed by atoms with Crippen LogP contribution < -0.4 is 9.56 Å². The fraction of sp³-hybridized carbons (Fsp3) is 0.0909. The third-order valence-electron chi connectivity index (χ3n) is 1.95. The number of rotatable bonds is 3. The molecule has 0 atom stereocenters.